The Bertz CT molecular complexity index is 1350. The van der Waals surface area contributed by atoms with Crippen molar-refractivity contribution in [1.29, 1.82) is 0 Å². The van der Waals surface area contributed by atoms with E-state index in [1.54, 1.807) is 6.08 Å². The smallest absolute Gasteiger partial charge is 0.416 e. The molecule has 0 bridgehead atoms. The molecule has 172 valence electrons. The van der Waals surface area contributed by atoms with Gasteiger partial charge >= 0.3 is 12.1 Å². The molecule has 1 N–H and O–H groups in total. The number of esters is 1. The average molecular weight is 475 g/mol. The van der Waals surface area contributed by atoms with Crippen molar-refractivity contribution >= 4 is 40.5 Å². The molecule has 0 fully saturated rings. The summed E-state index contributed by atoms with van der Waals surface area (Å²) in [6.07, 6.45) is -2.83. The Morgan fingerprint density at radius 3 is 2.48 bits per heavy atom. The number of halogens is 3. The van der Waals surface area contributed by atoms with Crippen LogP contribution in [0.3, 0.4) is 0 Å². The summed E-state index contributed by atoms with van der Waals surface area (Å²) in [6.45, 7) is 7.56. The molecule has 1 aliphatic rings. The molecule has 3 heterocycles. The Labute approximate surface area is 192 Å². The Morgan fingerprint density at radius 1 is 1.15 bits per heavy atom. The van der Waals surface area contributed by atoms with Crippen LogP contribution in [0.2, 0.25) is 0 Å². The summed E-state index contributed by atoms with van der Waals surface area (Å²) in [5.74, 6) is -0.893. The number of methoxy groups -OCH3 is 1. The molecule has 0 aliphatic carbocycles. The van der Waals surface area contributed by atoms with Gasteiger partial charge in [0, 0.05) is 33.1 Å². The molecular weight excluding hydrogens is 453 g/mol. The van der Waals surface area contributed by atoms with Gasteiger partial charge in [0.1, 0.15) is 5.00 Å². The van der Waals surface area contributed by atoms with Gasteiger partial charge in [0.05, 0.1) is 18.2 Å². The Morgan fingerprint density at radius 2 is 1.85 bits per heavy atom. The van der Waals surface area contributed by atoms with Crippen LogP contribution in [-0.2, 0) is 15.7 Å². The highest BCUT2D eigenvalue weighted by molar-refractivity contribution is 7.15. The van der Waals surface area contributed by atoms with Gasteiger partial charge in [0.2, 0.25) is 0 Å². The molecule has 0 spiro atoms. The maximum atomic E-state index is 13.0. The number of nitrogens with one attached hydrogen (secondary N) is 1. The van der Waals surface area contributed by atoms with E-state index in [1.165, 1.54) is 24.5 Å². The first kappa shape index (κ1) is 22.8. The molecule has 9 heteroatoms. The fourth-order valence-electron chi connectivity index (χ4n) is 4.02. The number of amides is 1. The number of fused-ring (bicyclic) bond motifs is 1. The monoisotopic (exact) mass is 474 g/mol. The molecule has 0 unspecified atom stereocenters. The molecular formula is C24H21F3N2O3S. The number of alkyl halides is 3. The minimum Gasteiger partial charge on any atom is -0.465 e. The number of anilines is 1. The summed E-state index contributed by atoms with van der Waals surface area (Å²) in [4.78, 5) is 26.0. The minimum atomic E-state index is -4.49. The van der Waals surface area contributed by atoms with Gasteiger partial charge < -0.3 is 14.6 Å². The van der Waals surface area contributed by atoms with Crippen molar-refractivity contribution < 1.29 is 27.5 Å². The molecule has 1 aliphatic heterocycles. The zero-order valence-corrected chi connectivity index (χ0v) is 19.4. The van der Waals surface area contributed by atoms with Gasteiger partial charge in [0.25, 0.3) is 5.91 Å². The fraction of sp³-hybridized carbons (Fsp3) is 0.250. The van der Waals surface area contributed by atoms with Crippen molar-refractivity contribution in [3.05, 3.63) is 68.3 Å². The van der Waals surface area contributed by atoms with Crippen LogP contribution < -0.4 is 5.32 Å². The number of aryl methyl sites for hydroxylation is 2. The van der Waals surface area contributed by atoms with Crippen molar-refractivity contribution in [3.63, 3.8) is 0 Å². The quantitative estimate of drug-likeness (QED) is 0.370. The Hall–Kier alpha value is -3.33. The highest BCUT2D eigenvalue weighted by atomic mass is 32.1. The normalized spacial score (nSPS) is 14.5. The lowest BCUT2D eigenvalue weighted by Gasteiger charge is -2.10. The summed E-state index contributed by atoms with van der Waals surface area (Å²) in [6, 6.07) is 5.10. The Kier molecular flexibility index (Phi) is 5.48. The SMILES string of the molecule is COC(=O)c1c(-n2c(C)cc(/C=C3/C(=O)Nc4cc(C(F)(F)F)ccc43)c2C)sc(C)c1C. The van der Waals surface area contributed by atoms with Crippen LogP contribution in [0.5, 0.6) is 0 Å². The van der Waals surface area contributed by atoms with Crippen molar-refractivity contribution in [2.45, 2.75) is 33.9 Å². The van der Waals surface area contributed by atoms with Crippen LogP contribution in [0.25, 0.3) is 16.7 Å². The molecule has 3 aromatic rings. The van der Waals surface area contributed by atoms with Crippen LogP contribution in [0.4, 0.5) is 18.9 Å². The predicted octanol–water partition coefficient (Wildman–Crippen LogP) is 6.07. The van der Waals surface area contributed by atoms with Crippen LogP contribution in [0, 0.1) is 27.7 Å². The number of carbonyl (C=O) groups excluding carboxylic acids is 2. The molecule has 0 atom stereocenters. The number of hydrogen-bond donors (Lipinski definition) is 1. The number of benzene rings is 1. The van der Waals surface area contributed by atoms with Crippen LogP contribution in [0.1, 0.15) is 48.9 Å². The van der Waals surface area contributed by atoms with Gasteiger partial charge in [-0.15, -0.1) is 11.3 Å². The number of carbonyl (C=O) groups is 2. The number of ether oxygens (including phenoxy) is 1. The number of nitrogens with zero attached hydrogens (tertiary/aromatic N) is 1. The average Bonchev–Trinajstić information content (AvgIpc) is 3.31. The van der Waals surface area contributed by atoms with E-state index < -0.39 is 23.6 Å². The number of thiophene rings is 1. The number of aromatic nitrogens is 1. The van der Waals surface area contributed by atoms with Crippen molar-refractivity contribution in [3.8, 4) is 5.00 Å². The standard InChI is InChI=1S/C24H21F3N2O3S/c1-11-8-15(13(3)29(11)22-20(23(31)32-5)12(2)14(4)33-22)9-18-17-7-6-16(24(25,26)27)10-19(17)28-21(18)30/h6-10H,1-5H3,(H,28,30)/b18-9+. The first-order valence-electron chi connectivity index (χ1n) is 10.1. The Balaban J connectivity index is 1.83. The van der Waals surface area contributed by atoms with Crippen LogP contribution >= 0.6 is 11.3 Å². The molecule has 1 aromatic carbocycles. The molecule has 0 saturated carbocycles. The van der Waals surface area contributed by atoms with Crippen LogP contribution in [0.15, 0.2) is 24.3 Å². The second-order valence-corrected chi connectivity index (χ2v) is 9.09. The molecule has 33 heavy (non-hydrogen) atoms. The lowest BCUT2D eigenvalue weighted by Crippen LogP contribution is -2.08. The lowest BCUT2D eigenvalue weighted by molar-refractivity contribution is -0.137. The first-order valence-corrected chi connectivity index (χ1v) is 10.9. The van der Waals surface area contributed by atoms with Crippen molar-refractivity contribution in [2.24, 2.45) is 0 Å². The third kappa shape index (κ3) is 3.76. The molecule has 4 rings (SSSR count). The van der Waals surface area contributed by atoms with E-state index in [-0.39, 0.29) is 11.3 Å². The topological polar surface area (TPSA) is 60.3 Å². The molecule has 0 radical (unpaired) electrons. The van der Waals surface area contributed by atoms with E-state index in [0.29, 0.717) is 11.1 Å². The highest BCUT2D eigenvalue weighted by Crippen LogP contribution is 2.40. The fourth-order valence-corrected chi connectivity index (χ4v) is 5.28. The van der Waals surface area contributed by atoms with E-state index in [1.807, 2.05) is 38.3 Å². The third-order valence-electron chi connectivity index (χ3n) is 5.86. The van der Waals surface area contributed by atoms with Gasteiger partial charge in [-0.3, -0.25) is 4.79 Å². The highest BCUT2D eigenvalue weighted by Gasteiger charge is 2.34. The molecule has 5 nitrogen and oxygen atoms in total. The van der Waals surface area contributed by atoms with Gasteiger partial charge in [-0.1, -0.05) is 6.07 Å². The van der Waals surface area contributed by atoms with E-state index >= 15 is 0 Å². The maximum absolute atomic E-state index is 13.0. The minimum absolute atomic E-state index is 0.132. The molecule has 1 amide bonds. The summed E-state index contributed by atoms with van der Waals surface area (Å²) in [7, 11) is 1.34. The third-order valence-corrected chi connectivity index (χ3v) is 7.05. The maximum Gasteiger partial charge on any atom is 0.416 e. The summed E-state index contributed by atoms with van der Waals surface area (Å²) < 4.78 is 46.0. The first-order chi connectivity index (χ1) is 15.4. The van der Waals surface area contributed by atoms with Gasteiger partial charge in [-0.2, -0.15) is 13.2 Å². The van der Waals surface area contributed by atoms with Crippen molar-refractivity contribution in [1.82, 2.24) is 4.57 Å². The second-order valence-electron chi connectivity index (χ2n) is 7.89. The molecule has 2 aromatic heterocycles. The predicted molar refractivity (Wildman–Crippen MR) is 122 cm³/mol. The van der Waals surface area contributed by atoms with Crippen molar-refractivity contribution in [2.75, 3.05) is 12.4 Å². The zero-order valence-electron chi connectivity index (χ0n) is 18.6. The number of rotatable bonds is 3. The van der Waals surface area contributed by atoms with Gasteiger partial charge in [-0.05, 0) is 63.1 Å². The number of hydrogen-bond acceptors (Lipinski definition) is 4. The summed E-state index contributed by atoms with van der Waals surface area (Å²) >= 11 is 1.47. The largest absolute Gasteiger partial charge is 0.465 e. The van der Waals surface area contributed by atoms with Gasteiger partial charge in [0.15, 0.2) is 0 Å². The summed E-state index contributed by atoms with van der Waals surface area (Å²) in [5, 5.41) is 3.25. The zero-order chi connectivity index (χ0) is 24.2. The molecule has 0 saturated heterocycles. The van der Waals surface area contributed by atoms with Gasteiger partial charge in [-0.25, -0.2) is 4.79 Å². The van der Waals surface area contributed by atoms with Crippen LogP contribution in [-0.4, -0.2) is 23.6 Å². The second kappa shape index (κ2) is 7.91. The van der Waals surface area contributed by atoms with E-state index in [2.05, 4.69) is 5.32 Å². The summed E-state index contributed by atoms with van der Waals surface area (Å²) in [5.41, 5.74) is 3.71. The van der Waals surface area contributed by atoms with E-state index in [4.69, 9.17) is 4.74 Å². The van der Waals surface area contributed by atoms with E-state index in [0.717, 1.165) is 44.5 Å². The lowest BCUT2D eigenvalue weighted by atomic mass is 10.0. The van der Waals surface area contributed by atoms with E-state index in [9.17, 15) is 22.8 Å².